The zero-order valence-corrected chi connectivity index (χ0v) is 15.8. The molecule has 0 radical (unpaired) electrons. The maximum atomic E-state index is 14.1. The van der Waals surface area contributed by atoms with Gasteiger partial charge in [-0.15, -0.1) is 5.10 Å². The van der Waals surface area contributed by atoms with Gasteiger partial charge in [0.05, 0.1) is 27.8 Å². The van der Waals surface area contributed by atoms with E-state index in [0.29, 0.717) is 28.0 Å². The number of carbonyl (C=O) groups excluding carboxylic acids is 1. The van der Waals surface area contributed by atoms with Crippen LogP contribution >= 0.6 is 0 Å². The largest absolute Gasteiger partial charge is 0.338 e. The quantitative estimate of drug-likeness (QED) is 0.464. The second kappa shape index (κ2) is 7.41. The molecule has 0 unspecified atom stereocenters. The summed E-state index contributed by atoms with van der Waals surface area (Å²) in [7, 11) is 0. The number of aromatic nitrogens is 6. The topological polar surface area (TPSA) is 101 Å². The molecule has 0 spiro atoms. The van der Waals surface area contributed by atoms with Gasteiger partial charge in [-0.05, 0) is 59.0 Å². The van der Waals surface area contributed by atoms with Crippen molar-refractivity contribution in [3.63, 3.8) is 0 Å². The Morgan fingerprint density at radius 2 is 1.90 bits per heavy atom. The predicted octanol–water partition coefficient (Wildman–Crippen LogP) is 3.74. The molecule has 0 atom stereocenters. The number of para-hydroxylation sites is 1. The lowest BCUT2D eigenvalue weighted by Crippen LogP contribution is -2.15. The van der Waals surface area contributed by atoms with Crippen LogP contribution in [0.4, 0.5) is 14.5 Å². The van der Waals surface area contributed by atoms with Crippen molar-refractivity contribution in [2.75, 3.05) is 5.32 Å². The first-order valence-electron chi connectivity index (χ1n) is 9.17. The number of benzene rings is 3. The van der Waals surface area contributed by atoms with Crippen molar-refractivity contribution in [3.8, 4) is 17.1 Å². The standard InChI is InChI=1S/C21H13F2N7O/c22-12-5-7-16(23)15(9-12)20-26-17-8-6-13(10-18(17)27-20)25-21(31)14-3-1-2-4-19(14)30-11-24-28-29-30/h1-11H,(H,25,31)(H,26,27). The van der Waals surface area contributed by atoms with Gasteiger partial charge in [0.2, 0.25) is 0 Å². The molecule has 0 saturated heterocycles. The summed E-state index contributed by atoms with van der Waals surface area (Å²) in [6.07, 6.45) is 1.40. The number of fused-ring (bicyclic) bond motifs is 1. The number of aromatic amines is 1. The first kappa shape index (κ1) is 18.6. The molecule has 10 heteroatoms. The number of imidazole rings is 1. The summed E-state index contributed by atoms with van der Waals surface area (Å²) in [5.74, 6) is -1.32. The number of hydrogen-bond donors (Lipinski definition) is 2. The van der Waals surface area contributed by atoms with Crippen molar-refractivity contribution in [2.45, 2.75) is 0 Å². The Labute approximate surface area is 173 Å². The summed E-state index contributed by atoms with van der Waals surface area (Å²) >= 11 is 0. The Morgan fingerprint density at radius 3 is 2.74 bits per heavy atom. The van der Waals surface area contributed by atoms with Crippen LogP contribution in [0.15, 0.2) is 67.0 Å². The number of nitrogens with one attached hydrogen (secondary N) is 2. The highest BCUT2D eigenvalue weighted by Gasteiger charge is 2.15. The molecule has 31 heavy (non-hydrogen) atoms. The van der Waals surface area contributed by atoms with Gasteiger partial charge < -0.3 is 10.3 Å². The Kier molecular flexibility index (Phi) is 4.43. The number of H-pyrrole nitrogens is 1. The van der Waals surface area contributed by atoms with Crippen LogP contribution < -0.4 is 5.32 Å². The minimum absolute atomic E-state index is 0.0251. The SMILES string of the molecule is O=C(Nc1ccc2nc(-c3cc(F)ccc3F)[nH]c2c1)c1ccccc1-n1cnnn1. The summed E-state index contributed by atoms with van der Waals surface area (Å²) in [6, 6.07) is 15.1. The number of amides is 1. The van der Waals surface area contributed by atoms with Gasteiger partial charge in [0.25, 0.3) is 5.91 Å². The van der Waals surface area contributed by atoms with Crippen LogP contribution in [0.2, 0.25) is 0 Å². The Balaban J connectivity index is 1.46. The summed E-state index contributed by atoms with van der Waals surface area (Å²) in [5, 5.41) is 13.8. The number of anilines is 1. The van der Waals surface area contributed by atoms with Gasteiger partial charge in [-0.3, -0.25) is 4.79 Å². The maximum Gasteiger partial charge on any atom is 0.257 e. The molecule has 2 aromatic heterocycles. The van der Waals surface area contributed by atoms with E-state index >= 15 is 0 Å². The van der Waals surface area contributed by atoms with E-state index in [4.69, 9.17) is 0 Å². The van der Waals surface area contributed by atoms with E-state index in [-0.39, 0.29) is 17.3 Å². The van der Waals surface area contributed by atoms with Crippen molar-refractivity contribution >= 4 is 22.6 Å². The molecule has 1 amide bonds. The second-order valence-electron chi connectivity index (χ2n) is 6.67. The normalized spacial score (nSPS) is 11.0. The molecule has 0 saturated carbocycles. The first-order valence-corrected chi connectivity index (χ1v) is 9.17. The van der Waals surface area contributed by atoms with Gasteiger partial charge in [0.1, 0.15) is 23.8 Å². The van der Waals surface area contributed by atoms with Gasteiger partial charge in [0.15, 0.2) is 0 Å². The van der Waals surface area contributed by atoms with Crippen LogP contribution in [0.25, 0.3) is 28.1 Å². The molecule has 8 nitrogen and oxygen atoms in total. The van der Waals surface area contributed by atoms with E-state index in [1.807, 2.05) is 0 Å². The van der Waals surface area contributed by atoms with Crippen molar-refractivity contribution in [1.82, 2.24) is 30.2 Å². The fourth-order valence-electron chi connectivity index (χ4n) is 3.23. The summed E-state index contributed by atoms with van der Waals surface area (Å²) in [6.45, 7) is 0. The lowest BCUT2D eigenvalue weighted by Gasteiger charge is -2.09. The first-order chi connectivity index (χ1) is 15.1. The molecule has 2 N–H and O–H groups in total. The van der Waals surface area contributed by atoms with Gasteiger partial charge in [0, 0.05) is 5.69 Å². The molecule has 0 bridgehead atoms. The molecule has 152 valence electrons. The van der Waals surface area contributed by atoms with Crippen molar-refractivity contribution in [3.05, 3.63) is 84.2 Å². The predicted molar refractivity (Wildman–Crippen MR) is 109 cm³/mol. The van der Waals surface area contributed by atoms with Gasteiger partial charge >= 0.3 is 0 Å². The molecule has 0 aliphatic carbocycles. The highest BCUT2D eigenvalue weighted by molar-refractivity contribution is 6.07. The van der Waals surface area contributed by atoms with Crippen LogP contribution in [-0.2, 0) is 0 Å². The number of hydrogen-bond acceptors (Lipinski definition) is 5. The number of halogens is 2. The van der Waals surface area contributed by atoms with Crippen LogP contribution in [-0.4, -0.2) is 36.1 Å². The van der Waals surface area contributed by atoms with Crippen LogP contribution in [0.5, 0.6) is 0 Å². The van der Waals surface area contributed by atoms with Gasteiger partial charge in [-0.2, -0.15) is 4.68 Å². The molecule has 2 heterocycles. The smallest absolute Gasteiger partial charge is 0.257 e. The van der Waals surface area contributed by atoms with E-state index in [1.54, 1.807) is 42.5 Å². The zero-order chi connectivity index (χ0) is 21.4. The van der Waals surface area contributed by atoms with Crippen LogP contribution in [0, 0.1) is 11.6 Å². The number of nitrogens with zero attached hydrogens (tertiary/aromatic N) is 5. The average Bonchev–Trinajstić information content (AvgIpc) is 3.45. The summed E-state index contributed by atoms with van der Waals surface area (Å²) in [4.78, 5) is 20.1. The van der Waals surface area contributed by atoms with Gasteiger partial charge in [-0.25, -0.2) is 13.8 Å². The molecule has 5 rings (SSSR count). The lowest BCUT2D eigenvalue weighted by atomic mass is 10.1. The Morgan fingerprint density at radius 1 is 1.03 bits per heavy atom. The highest BCUT2D eigenvalue weighted by atomic mass is 19.1. The summed E-state index contributed by atoms with van der Waals surface area (Å²) in [5.41, 5.74) is 2.53. The maximum absolute atomic E-state index is 14.1. The fourth-order valence-corrected chi connectivity index (χ4v) is 3.23. The third-order valence-electron chi connectivity index (χ3n) is 4.67. The van der Waals surface area contributed by atoms with Crippen LogP contribution in [0.1, 0.15) is 10.4 Å². The van der Waals surface area contributed by atoms with Crippen molar-refractivity contribution < 1.29 is 13.6 Å². The molecule has 5 aromatic rings. The molecule has 0 aliphatic heterocycles. The highest BCUT2D eigenvalue weighted by Crippen LogP contribution is 2.26. The molecule has 0 fully saturated rings. The van der Waals surface area contributed by atoms with E-state index < -0.39 is 11.6 Å². The molecule has 0 aliphatic rings. The molecular formula is C21H13F2N7O. The van der Waals surface area contributed by atoms with Crippen molar-refractivity contribution in [1.29, 1.82) is 0 Å². The van der Waals surface area contributed by atoms with Gasteiger partial charge in [-0.1, -0.05) is 12.1 Å². The number of rotatable bonds is 4. The van der Waals surface area contributed by atoms with E-state index in [2.05, 4.69) is 30.8 Å². The Hall–Kier alpha value is -4.47. The average molecular weight is 417 g/mol. The summed E-state index contributed by atoms with van der Waals surface area (Å²) < 4.78 is 29.0. The number of tetrazole rings is 1. The van der Waals surface area contributed by atoms with E-state index in [1.165, 1.54) is 11.0 Å². The minimum Gasteiger partial charge on any atom is -0.338 e. The fraction of sp³-hybridized carbons (Fsp3) is 0. The second-order valence-corrected chi connectivity index (χ2v) is 6.67. The van der Waals surface area contributed by atoms with Crippen LogP contribution in [0.3, 0.4) is 0 Å². The minimum atomic E-state index is -0.590. The lowest BCUT2D eigenvalue weighted by molar-refractivity contribution is 0.102. The monoisotopic (exact) mass is 417 g/mol. The number of carbonyl (C=O) groups is 1. The zero-order valence-electron chi connectivity index (χ0n) is 15.8. The van der Waals surface area contributed by atoms with Crippen molar-refractivity contribution in [2.24, 2.45) is 0 Å². The van der Waals surface area contributed by atoms with E-state index in [9.17, 15) is 13.6 Å². The Bertz CT molecular complexity index is 1410. The third-order valence-corrected chi connectivity index (χ3v) is 4.67. The van der Waals surface area contributed by atoms with E-state index in [0.717, 1.165) is 18.2 Å². The third kappa shape index (κ3) is 3.50. The molecular weight excluding hydrogens is 404 g/mol. The molecule has 3 aromatic carbocycles.